The lowest BCUT2D eigenvalue weighted by Crippen LogP contribution is -2.36. The van der Waals surface area contributed by atoms with E-state index in [0.29, 0.717) is 19.1 Å². The first-order valence-corrected chi connectivity index (χ1v) is 11.1. The summed E-state index contributed by atoms with van der Waals surface area (Å²) in [5, 5.41) is 2.25. The van der Waals surface area contributed by atoms with Crippen molar-refractivity contribution in [3.05, 3.63) is 71.8 Å². The third-order valence-corrected chi connectivity index (χ3v) is 5.62. The Labute approximate surface area is 185 Å². The van der Waals surface area contributed by atoms with E-state index in [9.17, 15) is 4.79 Å². The van der Waals surface area contributed by atoms with Crippen molar-refractivity contribution in [2.45, 2.75) is 51.6 Å². The third-order valence-electron chi connectivity index (χ3n) is 5.62. The fourth-order valence-corrected chi connectivity index (χ4v) is 4.34. The molecule has 1 unspecified atom stereocenters. The molecule has 5 heteroatoms. The van der Waals surface area contributed by atoms with Gasteiger partial charge in [-0.15, -0.1) is 0 Å². The monoisotopic (exact) mass is 415 g/mol. The molecule has 3 aromatic rings. The number of fused-ring (bicyclic) bond motifs is 3. The molecule has 0 bridgehead atoms. The minimum absolute atomic E-state index is 0.292. The van der Waals surface area contributed by atoms with Crippen LogP contribution in [-0.2, 0) is 11.3 Å². The van der Waals surface area contributed by atoms with E-state index in [4.69, 9.17) is 9.47 Å². The maximum absolute atomic E-state index is 13.1. The van der Waals surface area contributed by atoms with Crippen LogP contribution in [0.25, 0.3) is 10.8 Å². The van der Waals surface area contributed by atoms with Crippen LogP contribution in [0, 0.1) is 0 Å². The minimum atomic E-state index is -0.538. The number of rotatable bonds is 5. The van der Waals surface area contributed by atoms with E-state index >= 15 is 0 Å². The normalized spacial score (nSPS) is 15.7. The van der Waals surface area contributed by atoms with Gasteiger partial charge in [0, 0.05) is 23.9 Å². The topological polar surface area (TPSA) is 38.8 Å². The van der Waals surface area contributed by atoms with Crippen molar-refractivity contribution in [3.8, 4) is 5.75 Å². The van der Waals surface area contributed by atoms with E-state index in [0.717, 1.165) is 40.5 Å². The van der Waals surface area contributed by atoms with Gasteiger partial charge in [0.05, 0.1) is 5.69 Å². The lowest BCUT2D eigenvalue weighted by molar-refractivity contribution is 0.0582. The SMILES string of the molecule is BCCC1CN(C(=O)OC(C)(C)C)c2cc(OCc3ccccc3)c3ccccc3c21. The Morgan fingerprint density at radius 1 is 1.06 bits per heavy atom. The number of amides is 1. The number of benzene rings is 3. The number of nitrogens with zero attached hydrogens (tertiary/aromatic N) is 1. The van der Waals surface area contributed by atoms with Crippen LogP contribution in [0.5, 0.6) is 5.75 Å². The molecule has 4 nitrogen and oxygen atoms in total. The van der Waals surface area contributed by atoms with Crippen LogP contribution in [0.2, 0.25) is 6.32 Å². The molecule has 1 amide bonds. The van der Waals surface area contributed by atoms with Gasteiger partial charge in [0.1, 0.15) is 25.8 Å². The lowest BCUT2D eigenvalue weighted by Gasteiger charge is -2.25. The van der Waals surface area contributed by atoms with Crippen LogP contribution in [0.4, 0.5) is 10.5 Å². The second-order valence-corrected chi connectivity index (χ2v) is 9.20. The zero-order chi connectivity index (χ0) is 22.0. The van der Waals surface area contributed by atoms with Gasteiger partial charge < -0.3 is 9.47 Å². The summed E-state index contributed by atoms with van der Waals surface area (Å²) in [6.07, 6.45) is 1.80. The number of carbonyl (C=O) groups is 1. The van der Waals surface area contributed by atoms with Crippen molar-refractivity contribution < 1.29 is 14.3 Å². The van der Waals surface area contributed by atoms with Crippen molar-refractivity contribution in [2.75, 3.05) is 11.4 Å². The van der Waals surface area contributed by atoms with Gasteiger partial charge in [-0.05, 0) is 37.3 Å². The van der Waals surface area contributed by atoms with Gasteiger partial charge in [0.25, 0.3) is 0 Å². The number of hydrogen-bond acceptors (Lipinski definition) is 3. The molecule has 0 fully saturated rings. The van der Waals surface area contributed by atoms with Crippen LogP contribution in [-0.4, -0.2) is 26.1 Å². The van der Waals surface area contributed by atoms with Gasteiger partial charge in [-0.1, -0.05) is 67.3 Å². The molecule has 0 aliphatic carbocycles. The van der Waals surface area contributed by atoms with Crippen LogP contribution in [0.3, 0.4) is 0 Å². The molecule has 0 saturated carbocycles. The fourth-order valence-electron chi connectivity index (χ4n) is 4.34. The van der Waals surface area contributed by atoms with Gasteiger partial charge >= 0.3 is 6.09 Å². The predicted octanol–water partition coefficient (Wildman–Crippen LogP) is 5.70. The summed E-state index contributed by atoms with van der Waals surface area (Å²) in [4.78, 5) is 14.9. The molecular weight excluding hydrogens is 385 g/mol. The molecule has 31 heavy (non-hydrogen) atoms. The first-order valence-electron chi connectivity index (χ1n) is 11.1. The Hall–Kier alpha value is -2.95. The molecule has 0 spiro atoms. The predicted molar refractivity (Wildman–Crippen MR) is 129 cm³/mol. The summed E-state index contributed by atoms with van der Waals surface area (Å²) in [6, 6.07) is 20.5. The first-order chi connectivity index (χ1) is 14.9. The van der Waals surface area contributed by atoms with Crippen molar-refractivity contribution in [3.63, 3.8) is 0 Å². The fraction of sp³-hybridized carbons (Fsp3) is 0.346. The average molecular weight is 415 g/mol. The van der Waals surface area contributed by atoms with Gasteiger partial charge in [-0.3, -0.25) is 4.90 Å². The van der Waals surface area contributed by atoms with Crippen molar-refractivity contribution >= 4 is 30.4 Å². The highest BCUT2D eigenvalue weighted by atomic mass is 16.6. The van der Waals surface area contributed by atoms with Gasteiger partial charge in [0.15, 0.2) is 0 Å². The summed E-state index contributed by atoms with van der Waals surface area (Å²) < 4.78 is 12.0. The molecule has 160 valence electrons. The highest BCUT2D eigenvalue weighted by Gasteiger charge is 2.36. The molecule has 0 saturated heterocycles. The summed E-state index contributed by atoms with van der Waals surface area (Å²) in [7, 11) is 2.19. The maximum Gasteiger partial charge on any atom is 0.414 e. The molecule has 1 heterocycles. The number of carbonyl (C=O) groups excluding carboxylic acids is 1. The Bertz CT molecular complexity index is 1080. The molecule has 1 aliphatic rings. The zero-order valence-electron chi connectivity index (χ0n) is 18.9. The van der Waals surface area contributed by atoms with E-state index in [1.165, 1.54) is 5.56 Å². The second-order valence-electron chi connectivity index (χ2n) is 9.20. The number of ether oxygens (including phenoxy) is 2. The molecule has 0 N–H and O–H groups in total. The molecule has 0 aromatic heterocycles. The number of anilines is 1. The van der Waals surface area contributed by atoms with Gasteiger partial charge in [-0.2, -0.15) is 0 Å². The molecular formula is C26H30BNO3. The highest BCUT2D eigenvalue weighted by molar-refractivity contribution is 6.08. The van der Waals surface area contributed by atoms with Crippen LogP contribution in [0.1, 0.15) is 44.2 Å². The Balaban J connectivity index is 1.77. The summed E-state index contributed by atoms with van der Waals surface area (Å²) in [5.41, 5.74) is 2.72. The average Bonchev–Trinajstić information content (AvgIpc) is 3.10. The van der Waals surface area contributed by atoms with Gasteiger partial charge in [0.2, 0.25) is 0 Å². The molecule has 0 radical (unpaired) electrons. The summed E-state index contributed by atoms with van der Waals surface area (Å²) >= 11 is 0. The Morgan fingerprint density at radius 2 is 1.74 bits per heavy atom. The van der Waals surface area contributed by atoms with Gasteiger partial charge in [-0.25, -0.2) is 4.79 Å². The molecule has 3 aromatic carbocycles. The Kier molecular flexibility index (Phi) is 5.95. The molecule has 1 aliphatic heterocycles. The smallest absolute Gasteiger partial charge is 0.414 e. The van der Waals surface area contributed by atoms with Crippen LogP contribution >= 0.6 is 0 Å². The van der Waals surface area contributed by atoms with Crippen LogP contribution in [0.15, 0.2) is 60.7 Å². The quantitative estimate of drug-likeness (QED) is 0.502. The largest absolute Gasteiger partial charge is 0.488 e. The van der Waals surface area contributed by atoms with Crippen LogP contribution < -0.4 is 9.64 Å². The van der Waals surface area contributed by atoms with Crippen molar-refractivity contribution in [1.82, 2.24) is 0 Å². The van der Waals surface area contributed by atoms with Crippen molar-refractivity contribution in [2.24, 2.45) is 0 Å². The Morgan fingerprint density at radius 3 is 2.42 bits per heavy atom. The summed E-state index contributed by atoms with van der Waals surface area (Å²) in [5.74, 6) is 1.09. The van der Waals surface area contributed by atoms with E-state index in [1.54, 1.807) is 4.90 Å². The van der Waals surface area contributed by atoms with Crippen molar-refractivity contribution in [1.29, 1.82) is 0 Å². The maximum atomic E-state index is 13.1. The summed E-state index contributed by atoms with van der Waals surface area (Å²) in [6.45, 7) is 6.83. The highest BCUT2D eigenvalue weighted by Crippen LogP contribution is 2.47. The van der Waals surface area contributed by atoms with E-state index in [1.807, 2.05) is 51.1 Å². The first kappa shape index (κ1) is 21.3. The minimum Gasteiger partial charge on any atom is -0.488 e. The third kappa shape index (κ3) is 4.56. The second kappa shape index (κ2) is 8.66. The molecule has 1 atom stereocenters. The molecule has 4 rings (SSSR count). The number of hydrogen-bond donors (Lipinski definition) is 0. The standard InChI is InChI=1S/C26H30BNO3/c1-26(2,3)31-25(29)28-16-19(13-14-27)24-21-12-8-7-11-20(21)23(15-22(24)28)30-17-18-9-5-4-6-10-18/h4-12,15,19H,13-14,16-17,27H2,1-3H3. The van der Waals surface area contributed by atoms with E-state index < -0.39 is 5.60 Å². The lowest BCUT2D eigenvalue weighted by atomic mass is 9.87. The zero-order valence-corrected chi connectivity index (χ0v) is 18.9. The van der Waals surface area contributed by atoms with E-state index in [-0.39, 0.29) is 6.09 Å². The van der Waals surface area contributed by atoms with E-state index in [2.05, 4.69) is 38.2 Å².